The van der Waals surface area contributed by atoms with E-state index in [0.29, 0.717) is 12.2 Å². The Morgan fingerprint density at radius 2 is 2.21 bits per heavy atom. The Balaban J connectivity index is 1.79. The largest absolute Gasteiger partial charge is 0.388 e. The van der Waals surface area contributed by atoms with Gasteiger partial charge in [0.1, 0.15) is 5.82 Å². The van der Waals surface area contributed by atoms with Crippen molar-refractivity contribution in [1.29, 1.82) is 0 Å². The Morgan fingerprint density at radius 3 is 2.89 bits per heavy atom. The van der Waals surface area contributed by atoms with Crippen molar-refractivity contribution >= 4 is 15.9 Å². The molecule has 1 aromatic rings. The molecule has 19 heavy (non-hydrogen) atoms. The van der Waals surface area contributed by atoms with Gasteiger partial charge in [0.2, 0.25) is 0 Å². The standard InChI is InChI=1S/C15H18BrFO2/c16-11-2-3-13(17)12(8-11)14(18)10-4-7-19-15(9-10)5-1-6-15/h2-3,8,10,14,18H,1,4-7,9H2. The molecule has 4 heteroatoms. The summed E-state index contributed by atoms with van der Waals surface area (Å²) < 4.78 is 20.5. The molecular formula is C15H18BrFO2. The fraction of sp³-hybridized carbons (Fsp3) is 0.600. The summed E-state index contributed by atoms with van der Waals surface area (Å²) in [4.78, 5) is 0. The Labute approximate surface area is 121 Å². The van der Waals surface area contributed by atoms with E-state index in [0.717, 1.165) is 30.2 Å². The molecule has 2 unspecified atom stereocenters. The molecule has 1 aromatic carbocycles. The Hall–Kier alpha value is -0.450. The van der Waals surface area contributed by atoms with Gasteiger partial charge >= 0.3 is 0 Å². The van der Waals surface area contributed by atoms with Crippen LogP contribution >= 0.6 is 15.9 Å². The van der Waals surface area contributed by atoms with E-state index in [-0.39, 0.29) is 17.3 Å². The lowest BCUT2D eigenvalue weighted by molar-refractivity contribution is -0.157. The summed E-state index contributed by atoms with van der Waals surface area (Å²) in [6.45, 7) is 0.678. The van der Waals surface area contributed by atoms with E-state index in [1.165, 1.54) is 12.5 Å². The minimum atomic E-state index is -0.737. The van der Waals surface area contributed by atoms with Crippen LogP contribution < -0.4 is 0 Å². The first-order chi connectivity index (χ1) is 9.10. The number of aliphatic hydroxyl groups excluding tert-OH is 1. The van der Waals surface area contributed by atoms with Crippen molar-refractivity contribution in [2.75, 3.05) is 6.61 Å². The normalized spacial score (nSPS) is 27.0. The van der Waals surface area contributed by atoms with Crippen molar-refractivity contribution in [2.24, 2.45) is 5.92 Å². The third-order valence-electron chi connectivity index (χ3n) is 4.52. The summed E-state index contributed by atoms with van der Waals surface area (Å²) in [6.07, 6.45) is 4.27. The SMILES string of the molecule is OC(c1cc(Br)ccc1F)C1CCOC2(CCC2)C1. The van der Waals surface area contributed by atoms with Gasteiger partial charge in [0, 0.05) is 16.6 Å². The van der Waals surface area contributed by atoms with E-state index in [1.807, 2.05) is 0 Å². The third-order valence-corrected chi connectivity index (χ3v) is 5.01. The van der Waals surface area contributed by atoms with E-state index in [1.54, 1.807) is 12.1 Å². The molecular weight excluding hydrogens is 311 g/mol. The molecule has 0 aromatic heterocycles. The highest BCUT2D eigenvalue weighted by atomic mass is 79.9. The average Bonchev–Trinajstić information content (AvgIpc) is 2.39. The zero-order valence-electron chi connectivity index (χ0n) is 10.7. The molecule has 0 amide bonds. The zero-order valence-corrected chi connectivity index (χ0v) is 12.3. The van der Waals surface area contributed by atoms with Gasteiger partial charge in [0.25, 0.3) is 0 Å². The third kappa shape index (κ3) is 2.58. The number of aliphatic hydroxyl groups is 1. The smallest absolute Gasteiger partial charge is 0.129 e. The molecule has 104 valence electrons. The highest BCUT2D eigenvalue weighted by molar-refractivity contribution is 9.10. The van der Waals surface area contributed by atoms with Crippen LogP contribution in [0.5, 0.6) is 0 Å². The van der Waals surface area contributed by atoms with Gasteiger partial charge in [0.05, 0.1) is 11.7 Å². The number of halogens is 2. The maximum atomic E-state index is 13.9. The molecule has 1 saturated carbocycles. The fourth-order valence-corrected chi connectivity index (χ4v) is 3.63. The van der Waals surface area contributed by atoms with Gasteiger partial charge in [-0.05, 0) is 56.2 Å². The van der Waals surface area contributed by atoms with E-state index in [9.17, 15) is 9.50 Å². The van der Waals surface area contributed by atoms with Gasteiger partial charge in [-0.1, -0.05) is 15.9 Å². The second kappa shape index (κ2) is 5.15. The zero-order chi connectivity index (χ0) is 13.5. The topological polar surface area (TPSA) is 29.5 Å². The summed E-state index contributed by atoms with van der Waals surface area (Å²) in [6, 6.07) is 4.74. The van der Waals surface area contributed by atoms with Crippen LogP contribution in [0.1, 0.15) is 43.8 Å². The molecule has 1 heterocycles. The number of benzene rings is 1. The summed E-state index contributed by atoms with van der Waals surface area (Å²) in [5.41, 5.74) is 0.377. The summed E-state index contributed by atoms with van der Waals surface area (Å²) in [5, 5.41) is 10.5. The maximum Gasteiger partial charge on any atom is 0.129 e. The van der Waals surface area contributed by atoms with Crippen molar-refractivity contribution in [2.45, 2.75) is 43.8 Å². The number of hydrogen-bond donors (Lipinski definition) is 1. The van der Waals surface area contributed by atoms with Crippen LogP contribution in [-0.2, 0) is 4.74 Å². The Kier molecular flexibility index (Phi) is 3.67. The van der Waals surface area contributed by atoms with Crippen molar-refractivity contribution in [1.82, 2.24) is 0 Å². The first-order valence-electron chi connectivity index (χ1n) is 6.87. The first-order valence-corrected chi connectivity index (χ1v) is 7.66. The Morgan fingerprint density at radius 1 is 1.42 bits per heavy atom. The van der Waals surface area contributed by atoms with Gasteiger partial charge < -0.3 is 9.84 Å². The van der Waals surface area contributed by atoms with Crippen molar-refractivity contribution in [3.05, 3.63) is 34.1 Å². The molecule has 1 saturated heterocycles. The van der Waals surface area contributed by atoms with Crippen LogP contribution in [0.25, 0.3) is 0 Å². The van der Waals surface area contributed by atoms with Crippen molar-refractivity contribution < 1.29 is 14.2 Å². The van der Waals surface area contributed by atoms with Crippen LogP contribution in [0, 0.1) is 11.7 Å². The predicted octanol–water partition coefficient (Wildman–Crippen LogP) is 3.97. The molecule has 1 aliphatic carbocycles. The molecule has 0 radical (unpaired) electrons. The average molecular weight is 329 g/mol. The van der Waals surface area contributed by atoms with E-state index < -0.39 is 6.10 Å². The lowest BCUT2D eigenvalue weighted by Gasteiger charge is -2.48. The predicted molar refractivity (Wildman–Crippen MR) is 74.3 cm³/mol. The minimum Gasteiger partial charge on any atom is -0.388 e. The Bertz CT molecular complexity index is 473. The fourth-order valence-electron chi connectivity index (χ4n) is 3.25. The van der Waals surface area contributed by atoms with Gasteiger partial charge in [0.15, 0.2) is 0 Å². The molecule has 1 spiro atoms. The van der Waals surface area contributed by atoms with Crippen LogP contribution in [0.3, 0.4) is 0 Å². The monoisotopic (exact) mass is 328 g/mol. The second-order valence-corrected chi connectivity index (χ2v) is 6.66. The first kappa shape index (κ1) is 13.5. The molecule has 3 rings (SSSR count). The van der Waals surface area contributed by atoms with E-state index >= 15 is 0 Å². The summed E-state index contributed by atoms with van der Waals surface area (Å²) >= 11 is 3.33. The molecule has 2 fully saturated rings. The van der Waals surface area contributed by atoms with Crippen LogP contribution in [0.15, 0.2) is 22.7 Å². The molecule has 1 aliphatic heterocycles. The van der Waals surface area contributed by atoms with E-state index in [2.05, 4.69) is 15.9 Å². The molecule has 1 N–H and O–H groups in total. The van der Waals surface area contributed by atoms with Crippen LogP contribution in [0.4, 0.5) is 4.39 Å². The quantitative estimate of drug-likeness (QED) is 0.890. The van der Waals surface area contributed by atoms with Gasteiger partial charge in [-0.15, -0.1) is 0 Å². The van der Waals surface area contributed by atoms with Crippen LogP contribution in [-0.4, -0.2) is 17.3 Å². The van der Waals surface area contributed by atoms with Gasteiger partial charge in [-0.25, -0.2) is 4.39 Å². The van der Waals surface area contributed by atoms with Gasteiger partial charge in [-0.2, -0.15) is 0 Å². The molecule has 2 nitrogen and oxygen atoms in total. The van der Waals surface area contributed by atoms with E-state index in [4.69, 9.17) is 4.74 Å². The lowest BCUT2D eigenvalue weighted by Crippen LogP contribution is -2.46. The number of rotatable bonds is 2. The van der Waals surface area contributed by atoms with Crippen molar-refractivity contribution in [3.8, 4) is 0 Å². The van der Waals surface area contributed by atoms with Gasteiger partial charge in [-0.3, -0.25) is 0 Å². The number of hydrogen-bond acceptors (Lipinski definition) is 2. The minimum absolute atomic E-state index is 0.0214. The van der Waals surface area contributed by atoms with Crippen molar-refractivity contribution in [3.63, 3.8) is 0 Å². The summed E-state index contributed by atoms with van der Waals surface area (Å²) in [5.74, 6) is -0.234. The summed E-state index contributed by atoms with van der Waals surface area (Å²) in [7, 11) is 0. The maximum absolute atomic E-state index is 13.9. The van der Waals surface area contributed by atoms with Crippen LogP contribution in [0.2, 0.25) is 0 Å². The highest BCUT2D eigenvalue weighted by Gasteiger charge is 2.44. The highest BCUT2D eigenvalue weighted by Crippen LogP contribution is 2.47. The number of ether oxygens (including phenoxy) is 1. The molecule has 0 bridgehead atoms. The molecule has 2 aliphatic rings. The molecule has 2 atom stereocenters. The second-order valence-electron chi connectivity index (χ2n) is 5.75. The lowest BCUT2D eigenvalue weighted by atomic mass is 9.70.